The molecule has 13 heteroatoms. The van der Waals surface area contributed by atoms with Crippen LogP contribution in [0.5, 0.6) is 0 Å². The van der Waals surface area contributed by atoms with Gasteiger partial charge in [0.1, 0.15) is 12.5 Å². The zero-order valence-corrected chi connectivity index (χ0v) is 13.1. The first kappa shape index (κ1) is 21.1. The molecule has 21 heavy (non-hydrogen) atoms. The van der Waals surface area contributed by atoms with E-state index in [2.05, 4.69) is 0 Å². The van der Waals surface area contributed by atoms with Crippen molar-refractivity contribution < 1.29 is 49.1 Å². The molecule has 0 aromatic heterocycles. The van der Waals surface area contributed by atoms with Gasteiger partial charge in [-0.15, -0.1) is 0 Å². The van der Waals surface area contributed by atoms with Crippen LogP contribution in [-0.2, 0) is 9.13 Å². The minimum atomic E-state index is -5.28. The molecule has 0 aliphatic rings. The summed E-state index contributed by atoms with van der Waals surface area (Å²) in [6, 6.07) is 0. The Balaban J connectivity index is 5.54. The molecular formula is C8H21NO10P2. The van der Waals surface area contributed by atoms with Crippen LogP contribution in [0.25, 0.3) is 0 Å². The van der Waals surface area contributed by atoms with Gasteiger partial charge in [0.25, 0.3) is 0 Å². The number of aliphatic hydroxyl groups excluding tert-OH is 4. The quantitative estimate of drug-likeness (QED) is 0.168. The van der Waals surface area contributed by atoms with Crippen molar-refractivity contribution in [1.82, 2.24) is 4.90 Å². The van der Waals surface area contributed by atoms with Crippen LogP contribution in [0.2, 0.25) is 0 Å². The molecule has 0 saturated carbocycles. The van der Waals surface area contributed by atoms with E-state index in [0.717, 1.165) is 13.8 Å². The number of hydrogen-bond acceptors (Lipinski definition) is 7. The van der Waals surface area contributed by atoms with Crippen molar-refractivity contribution in [2.75, 3.05) is 6.54 Å². The average Bonchev–Trinajstić information content (AvgIpc) is 2.24. The topological polar surface area (TPSA) is 199 Å². The second-order valence-electron chi connectivity index (χ2n) is 4.66. The van der Waals surface area contributed by atoms with Gasteiger partial charge in [-0.1, -0.05) is 0 Å². The Morgan fingerprint density at radius 2 is 1.10 bits per heavy atom. The molecule has 4 unspecified atom stereocenters. The molecular weight excluding hydrogens is 332 g/mol. The molecule has 0 amide bonds. The molecule has 0 fully saturated rings. The fourth-order valence-electron chi connectivity index (χ4n) is 1.52. The molecule has 0 spiro atoms. The molecule has 0 aliphatic heterocycles. The molecule has 0 aromatic rings. The Bertz CT molecular complexity index is 381. The molecule has 11 nitrogen and oxygen atoms in total. The van der Waals surface area contributed by atoms with Gasteiger partial charge in [-0.3, -0.25) is 9.13 Å². The van der Waals surface area contributed by atoms with Crippen molar-refractivity contribution in [2.45, 2.75) is 43.9 Å². The minimum absolute atomic E-state index is 0.401. The van der Waals surface area contributed by atoms with Crippen LogP contribution in [0.4, 0.5) is 0 Å². The van der Waals surface area contributed by atoms with Crippen LogP contribution in [0.1, 0.15) is 13.8 Å². The van der Waals surface area contributed by atoms with Gasteiger partial charge in [-0.25, -0.2) is 4.90 Å². The van der Waals surface area contributed by atoms with E-state index in [0.29, 0.717) is 4.90 Å². The zero-order chi connectivity index (χ0) is 17.2. The molecule has 8 N–H and O–H groups in total. The van der Waals surface area contributed by atoms with Gasteiger partial charge in [-0.05, 0) is 13.8 Å². The van der Waals surface area contributed by atoms with E-state index in [9.17, 15) is 29.6 Å². The Morgan fingerprint density at radius 1 is 0.810 bits per heavy atom. The van der Waals surface area contributed by atoms with Crippen LogP contribution >= 0.6 is 15.2 Å². The molecule has 128 valence electrons. The fraction of sp³-hybridized carbons (Fsp3) is 1.00. The van der Waals surface area contributed by atoms with Gasteiger partial charge < -0.3 is 40.0 Å². The van der Waals surface area contributed by atoms with E-state index < -0.39 is 51.8 Å². The summed E-state index contributed by atoms with van der Waals surface area (Å²) in [5, 5.41) is 35.4. The molecule has 0 bridgehead atoms. The van der Waals surface area contributed by atoms with Gasteiger partial charge in [0.15, 0.2) is 5.40 Å². The lowest BCUT2D eigenvalue weighted by atomic mass is 10.2. The average molecular weight is 353 g/mol. The maximum Gasteiger partial charge on any atom is 0.342 e. The maximum atomic E-state index is 11.2. The number of aliphatic hydroxyl groups is 4. The van der Waals surface area contributed by atoms with Gasteiger partial charge in [0.2, 0.25) is 0 Å². The highest BCUT2D eigenvalue weighted by Crippen LogP contribution is 2.60. The van der Waals surface area contributed by atoms with Gasteiger partial charge >= 0.3 is 15.2 Å². The zero-order valence-electron chi connectivity index (χ0n) is 11.3. The first-order valence-corrected chi connectivity index (χ1v) is 9.14. The van der Waals surface area contributed by atoms with Crippen molar-refractivity contribution in [3.05, 3.63) is 0 Å². The summed E-state index contributed by atoms with van der Waals surface area (Å²) in [6.07, 6.45) is -6.86. The minimum Gasteiger partial charge on any atom is -0.389 e. The largest absolute Gasteiger partial charge is 0.389 e. The summed E-state index contributed by atoms with van der Waals surface area (Å²) in [5.41, 5.74) is 0. The maximum absolute atomic E-state index is 11.2. The smallest absolute Gasteiger partial charge is 0.342 e. The van der Waals surface area contributed by atoms with E-state index >= 15 is 0 Å². The highest BCUT2D eigenvalue weighted by Gasteiger charge is 2.46. The van der Waals surface area contributed by atoms with Crippen molar-refractivity contribution in [1.29, 1.82) is 0 Å². The molecule has 4 atom stereocenters. The third kappa shape index (κ3) is 6.39. The molecule has 0 rings (SSSR count). The summed E-state index contributed by atoms with van der Waals surface area (Å²) < 4.78 is 22.4. The highest BCUT2D eigenvalue weighted by atomic mass is 31.2. The van der Waals surface area contributed by atoms with Crippen molar-refractivity contribution >= 4 is 15.2 Å². The first-order chi connectivity index (χ1) is 9.19. The lowest BCUT2D eigenvalue weighted by Gasteiger charge is -2.37. The second-order valence-corrected chi connectivity index (χ2v) is 8.67. The van der Waals surface area contributed by atoms with Crippen molar-refractivity contribution in [3.8, 4) is 0 Å². The second kappa shape index (κ2) is 7.58. The monoisotopic (exact) mass is 353 g/mol. The van der Waals surface area contributed by atoms with E-state index in [1.165, 1.54) is 0 Å². The standard InChI is InChI=1S/C8H21NO10P2/c1-4(10)7(12)9(8(13)5(2)11)3-6(20(14,15)16)21(17,18)19/h4-8,10-13H,3H2,1-2H3,(H2,14,15,16)(H2,17,18,19). The summed E-state index contributed by atoms with van der Waals surface area (Å²) >= 11 is 0. The predicted molar refractivity (Wildman–Crippen MR) is 70.0 cm³/mol. The highest BCUT2D eigenvalue weighted by molar-refractivity contribution is 7.70. The molecule has 0 radical (unpaired) electrons. The Hall–Kier alpha value is 0.1000. The normalized spacial score (nSPS) is 19.6. The third-order valence-corrected chi connectivity index (χ3v) is 6.38. The van der Waals surface area contributed by atoms with Crippen molar-refractivity contribution in [2.24, 2.45) is 0 Å². The molecule has 0 heterocycles. The lowest BCUT2D eigenvalue weighted by molar-refractivity contribution is -0.170. The lowest BCUT2D eigenvalue weighted by Crippen LogP contribution is -2.54. The Kier molecular flexibility index (Phi) is 7.62. The molecule has 0 saturated heterocycles. The van der Waals surface area contributed by atoms with Crippen LogP contribution in [0, 0.1) is 0 Å². The number of nitrogens with zero attached hydrogens (tertiary/aromatic N) is 1. The first-order valence-electron chi connectivity index (χ1n) is 5.78. The van der Waals surface area contributed by atoms with Crippen LogP contribution < -0.4 is 0 Å². The SMILES string of the molecule is CC(O)C(O)N(CC(P(=O)(O)O)P(=O)(O)O)C(O)C(C)O. The molecule has 0 aromatic carbocycles. The van der Waals surface area contributed by atoms with E-state index in [1.54, 1.807) is 0 Å². The summed E-state index contributed by atoms with van der Waals surface area (Å²) in [5.74, 6) is 0. The van der Waals surface area contributed by atoms with E-state index in [4.69, 9.17) is 19.6 Å². The number of rotatable bonds is 8. The van der Waals surface area contributed by atoms with E-state index in [-0.39, 0.29) is 0 Å². The van der Waals surface area contributed by atoms with Crippen molar-refractivity contribution in [3.63, 3.8) is 0 Å². The summed E-state index contributed by atoms with van der Waals surface area (Å²) in [6.45, 7) is 1.01. The van der Waals surface area contributed by atoms with E-state index in [1.807, 2.05) is 0 Å². The Morgan fingerprint density at radius 3 is 1.29 bits per heavy atom. The fourth-order valence-corrected chi connectivity index (χ4v) is 3.89. The van der Waals surface area contributed by atoms with Crippen LogP contribution in [0.3, 0.4) is 0 Å². The van der Waals surface area contributed by atoms with Crippen LogP contribution in [-0.4, -0.2) is 81.5 Å². The number of hydrogen-bond donors (Lipinski definition) is 8. The van der Waals surface area contributed by atoms with Gasteiger partial charge in [0, 0.05) is 6.54 Å². The summed E-state index contributed by atoms with van der Waals surface area (Å²) in [7, 11) is -10.6. The Labute approximate surface area is 120 Å². The van der Waals surface area contributed by atoms with Gasteiger partial charge in [0.05, 0.1) is 12.2 Å². The molecule has 0 aliphatic carbocycles. The predicted octanol–water partition coefficient (Wildman–Crippen LogP) is -2.63. The summed E-state index contributed by atoms with van der Waals surface area (Å²) in [4.78, 5) is 36.4. The third-order valence-electron chi connectivity index (χ3n) is 2.69. The van der Waals surface area contributed by atoms with Gasteiger partial charge in [-0.2, -0.15) is 0 Å². The van der Waals surface area contributed by atoms with Crippen LogP contribution in [0.15, 0.2) is 0 Å².